The van der Waals surface area contributed by atoms with E-state index in [2.05, 4.69) is 10.4 Å². The van der Waals surface area contributed by atoms with E-state index in [1.165, 1.54) is 5.01 Å². The monoisotopic (exact) mass is 478 g/mol. The summed E-state index contributed by atoms with van der Waals surface area (Å²) in [7, 11) is 1.60. The zero-order chi connectivity index (χ0) is 24.6. The van der Waals surface area contributed by atoms with Crippen LogP contribution in [0.3, 0.4) is 0 Å². The molecule has 2 aromatic rings. The Hall–Kier alpha value is -3.62. The lowest BCUT2D eigenvalue weighted by atomic mass is 9.75. The second kappa shape index (κ2) is 9.20. The van der Waals surface area contributed by atoms with E-state index in [0.29, 0.717) is 17.9 Å². The molecule has 0 radical (unpaired) electrons. The molecule has 1 saturated carbocycles. The van der Waals surface area contributed by atoms with Gasteiger partial charge in [0.1, 0.15) is 29.6 Å². The second-order valence-electron chi connectivity index (χ2n) is 9.61. The first kappa shape index (κ1) is 23.1. The number of benzene rings is 1. The van der Waals surface area contributed by atoms with E-state index in [4.69, 9.17) is 9.15 Å². The van der Waals surface area contributed by atoms with Crippen LogP contribution in [0, 0.1) is 5.92 Å². The molecule has 0 bridgehead atoms. The number of carbonyl (C=O) groups excluding carboxylic acids is 3. The van der Waals surface area contributed by atoms with Crippen molar-refractivity contribution in [2.75, 3.05) is 13.7 Å². The number of urea groups is 1. The minimum atomic E-state index is -0.971. The number of methoxy groups -OCH3 is 1. The van der Waals surface area contributed by atoms with Gasteiger partial charge < -0.3 is 14.5 Å². The first-order chi connectivity index (χ1) is 16.9. The summed E-state index contributed by atoms with van der Waals surface area (Å²) in [5.74, 6) is 0.620. The summed E-state index contributed by atoms with van der Waals surface area (Å²) in [5, 5.41) is 8.82. The second-order valence-corrected chi connectivity index (χ2v) is 9.61. The van der Waals surface area contributed by atoms with Crippen LogP contribution in [0.4, 0.5) is 4.79 Å². The van der Waals surface area contributed by atoms with Crippen LogP contribution >= 0.6 is 0 Å². The Labute approximate surface area is 204 Å². The fourth-order valence-corrected chi connectivity index (χ4v) is 5.42. The molecule has 0 unspecified atom stereocenters. The highest BCUT2D eigenvalue weighted by Crippen LogP contribution is 2.37. The van der Waals surface area contributed by atoms with Crippen molar-refractivity contribution >= 4 is 23.6 Å². The molecule has 1 aliphatic carbocycles. The third-order valence-corrected chi connectivity index (χ3v) is 7.48. The number of nitrogens with one attached hydrogen (secondary N) is 1. The molecule has 4 amide bonds. The number of rotatable bonds is 6. The van der Waals surface area contributed by atoms with Gasteiger partial charge in [-0.1, -0.05) is 19.3 Å². The average Bonchev–Trinajstić information content (AvgIpc) is 3.61. The molecule has 2 fully saturated rings. The molecule has 9 nitrogen and oxygen atoms in total. The number of nitrogens with zero attached hydrogens (tertiary/aromatic N) is 3. The summed E-state index contributed by atoms with van der Waals surface area (Å²) in [4.78, 5) is 40.6. The van der Waals surface area contributed by atoms with Gasteiger partial charge in [-0.25, -0.2) is 9.80 Å². The largest absolute Gasteiger partial charge is 0.497 e. The number of hydrogen-bond acceptors (Lipinski definition) is 6. The molecule has 1 aromatic heterocycles. The highest BCUT2D eigenvalue weighted by atomic mass is 16.5. The molecular formula is C26H30N4O5. The number of amides is 4. The maximum Gasteiger partial charge on any atom is 0.325 e. The molecule has 1 saturated heterocycles. The smallest absolute Gasteiger partial charge is 0.325 e. The predicted octanol–water partition coefficient (Wildman–Crippen LogP) is 3.86. The fourth-order valence-electron chi connectivity index (χ4n) is 5.42. The normalized spacial score (nSPS) is 25.1. The summed E-state index contributed by atoms with van der Waals surface area (Å²) in [6.45, 7) is 1.42. The molecule has 3 aliphatic rings. The van der Waals surface area contributed by atoms with Gasteiger partial charge in [-0.05, 0) is 67.6 Å². The maximum atomic E-state index is 13.4. The molecule has 0 spiro atoms. The number of imide groups is 1. The lowest BCUT2D eigenvalue weighted by Gasteiger charge is -2.34. The quantitative estimate of drug-likeness (QED) is 0.635. The molecular weight excluding hydrogens is 448 g/mol. The number of hydrazone groups is 1. The van der Waals surface area contributed by atoms with Gasteiger partial charge in [0.15, 0.2) is 0 Å². The van der Waals surface area contributed by atoms with Crippen molar-refractivity contribution in [3.63, 3.8) is 0 Å². The number of ether oxygens (including phenoxy) is 1. The number of carbonyl (C=O) groups is 3. The Kier molecular flexibility index (Phi) is 6.08. The molecule has 1 aromatic carbocycles. The van der Waals surface area contributed by atoms with Crippen molar-refractivity contribution in [3.05, 3.63) is 54.0 Å². The number of furan rings is 1. The first-order valence-electron chi connectivity index (χ1n) is 12.1. The molecule has 5 rings (SSSR count). The lowest BCUT2D eigenvalue weighted by Crippen LogP contribution is -2.51. The van der Waals surface area contributed by atoms with Crippen molar-refractivity contribution in [1.82, 2.24) is 15.2 Å². The molecule has 3 heterocycles. The average molecular weight is 479 g/mol. The van der Waals surface area contributed by atoms with Crippen LogP contribution in [0.2, 0.25) is 0 Å². The van der Waals surface area contributed by atoms with Crippen molar-refractivity contribution < 1.29 is 23.5 Å². The van der Waals surface area contributed by atoms with E-state index in [0.717, 1.165) is 48.3 Å². The highest BCUT2D eigenvalue weighted by molar-refractivity contribution is 6.09. The van der Waals surface area contributed by atoms with Gasteiger partial charge in [0.05, 0.1) is 19.1 Å². The van der Waals surface area contributed by atoms with Crippen LogP contribution in [-0.4, -0.2) is 52.7 Å². The minimum absolute atomic E-state index is 0.0788. The van der Waals surface area contributed by atoms with E-state index in [-0.39, 0.29) is 18.4 Å². The molecule has 35 heavy (non-hydrogen) atoms. The third kappa shape index (κ3) is 4.19. The number of hydrogen-bond donors (Lipinski definition) is 1. The SMILES string of the molecule is COc1ccc(C2=NN(C(=O)CN3C(=O)N[C@](C)(C4CCCCC4)C3=O)[C@@H](c3ccco3)C2)cc1. The molecule has 1 N–H and O–H groups in total. The zero-order valence-electron chi connectivity index (χ0n) is 20.0. The minimum Gasteiger partial charge on any atom is -0.497 e. The van der Waals surface area contributed by atoms with Crippen molar-refractivity contribution in [3.8, 4) is 5.75 Å². The van der Waals surface area contributed by atoms with E-state index >= 15 is 0 Å². The van der Waals surface area contributed by atoms with Crippen LogP contribution in [0.15, 0.2) is 52.2 Å². The van der Waals surface area contributed by atoms with Crippen molar-refractivity contribution in [1.29, 1.82) is 0 Å². The molecule has 184 valence electrons. The lowest BCUT2D eigenvalue weighted by molar-refractivity contribution is -0.141. The summed E-state index contributed by atoms with van der Waals surface area (Å²) in [5.41, 5.74) is 0.602. The Morgan fingerprint density at radius 3 is 2.57 bits per heavy atom. The Bertz CT molecular complexity index is 1140. The zero-order valence-corrected chi connectivity index (χ0v) is 20.0. The molecule has 2 atom stereocenters. The van der Waals surface area contributed by atoms with Crippen molar-refractivity contribution in [2.45, 2.75) is 57.0 Å². The first-order valence-corrected chi connectivity index (χ1v) is 12.1. The fraction of sp³-hybridized carbons (Fsp3) is 0.462. The van der Waals surface area contributed by atoms with Gasteiger partial charge in [0, 0.05) is 6.42 Å². The Balaban J connectivity index is 1.37. The molecule has 2 aliphatic heterocycles. The van der Waals surface area contributed by atoms with E-state index < -0.39 is 23.5 Å². The van der Waals surface area contributed by atoms with Crippen LogP contribution < -0.4 is 10.1 Å². The molecule has 9 heteroatoms. The third-order valence-electron chi connectivity index (χ3n) is 7.48. The summed E-state index contributed by atoms with van der Waals surface area (Å²) >= 11 is 0. The summed E-state index contributed by atoms with van der Waals surface area (Å²) in [6.07, 6.45) is 7.03. The van der Waals surface area contributed by atoms with Crippen molar-refractivity contribution in [2.24, 2.45) is 11.0 Å². The van der Waals surface area contributed by atoms with E-state index in [9.17, 15) is 14.4 Å². The van der Waals surface area contributed by atoms with Crippen LogP contribution in [0.25, 0.3) is 0 Å². The van der Waals surface area contributed by atoms with Crippen LogP contribution in [-0.2, 0) is 9.59 Å². The predicted molar refractivity (Wildman–Crippen MR) is 128 cm³/mol. The van der Waals surface area contributed by atoms with Gasteiger partial charge in [0.25, 0.3) is 11.8 Å². The topological polar surface area (TPSA) is 104 Å². The van der Waals surface area contributed by atoms with Crippen LogP contribution in [0.5, 0.6) is 5.75 Å². The van der Waals surface area contributed by atoms with E-state index in [1.807, 2.05) is 24.3 Å². The van der Waals surface area contributed by atoms with Gasteiger partial charge in [-0.2, -0.15) is 5.10 Å². The van der Waals surface area contributed by atoms with Gasteiger partial charge in [0.2, 0.25) is 0 Å². The summed E-state index contributed by atoms with van der Waals surface area (Å²) in [6, 6.07) is 10.0. The standard InChI is InChI=1S/C26H30N4O5/c1-26(18-7-4-3-5-8-18)24(32)29(25(33)27-26)16-23(31)30-21(22-9-6-14-35-22)15-20(28-30)17-10-12-19(34-2)13-11-17/h6,9-14,18,21H,3-5,7-8,15-16H2,1-2H3,(H,27,33)/t21-,26-/m1/s1. The van der Waals surface area contributed by atoms with Gasteiger partial charge in [-0.3, -0.25) is 14.5 Å². The highest BCUT2D eigenvalue weighted by Gasteiger charge is 2.53. The van der Waals surface area contributed by atoms with Gasteiger partial charge in [-0.15, -0.1) is 0 Å². The van der Waals surface area contributed by atoms with Crippen LogP contribution in [0.1, 0.15) is 62.8 Å². The maximum absolute atomic E-state index is 13.4. The Morgan fingerprint density at radius 1 is 1.17 bits per heavy atom. The summed E-state index contributed by atoms with van der Waals surface area (Å²) < 4.78 is 10.8. The van der Waals surface area contributed by atoms with E-state index in [1.54, 1.807) is 32.4 Å². The van der Waals surface area contributed by atoms with Gasteiger partial charge >= 0.3 is 6.03 Å². The Morgan fingerprint density at radius 2 is 1.91 bits per heavy atom.